The minimum atomic E-state index is -0.848. The Hall–Kier alpha value is -1.75. The largest absolute Gasteiger partial charge is 0.476 e. The van der Waals surface area contributed by atoms with Crippen molar-refractivity contribution in [3.8, 4) is 5.75 Å². The highest BCUT2D eigenvalue weighted by molar-refractivity contribution is 6.04. The Kier molecular flexibility index (Phi) is 3.90. The van der Waals surface area contributed by atoms with Crippen molar-refractivity contribution in [2.24, 2.45) is 0 Å². The molecule has 0 aromatic heterocycles. The summed E-state index contributed by atoms with van der Waals surface area (Å²) >= 11 is 0. The van der Waals surface area contributed by atoms with E-state index in [1.165, 1.54) is 0 Å². The number of anilines is 2. The number of carbonyl (C=O) groups excluding carboxylic acids is 1. The summed E-state index contributed by atoms with van der Waals surface area (Å²) in [6, 6.07) is 5.50. The van der Waals surface area contributed by atoms with Crippen LogP contribution in [0.1, 0.15) is 20.3 Å². The fourth-order valence-electron chi connectivity index (χ4n) is 2.41. The molecule has 0 aliphatic carbocycles. The van der Waals surface area contributed by atoms with Crippen molar-refractivity contribution in [3.05, 3.63) is 18.2 Å². The van der Waals surface area contributed by atoms with Gasteiger partial charge in [0.1, 0.15) is 11.4 Å². The molecule has 0 bridgehead atoms. The second-order valence-electron chi connectivity index (χ2n) is 5.92. The lowest BCUT2D eigenvalue weighted by Crippen LogP contribution is -2.53. The Balaban J connectivity index is 2.31. The van der Waals surface area contributed by atoms with Crippen molar-refractivity contribution in [1.29, 1.82) is 0 Å². The molecule has 0 atom stereocenters. The highest BCUT2D eigenvalue weighted by Gasteiger charge is 2.41. The SMILES string of the molecule is CN(C)CCCN1C(=O)C(C)(C)Oc2cccc(N)c21. The van der Waals surface area contributed by atoms with Gasteiger partial charge in [0.05, 0.1) is 5.69 Å². The van der Waals surface area contributed by atoms with Gasteiger partial charge in [0.25, 0.3) is 5.91 Å². The smallest absolute Gasteiger partial charge is 0.270 e. The molecule has 0 radical (unpaired) electrons. The van der Waals surface area contributed by atoms with Crippen molar-refractivity contribution in [2.45, 2.75) is 25.9 Å². The van der Waals surface area contributed by atoms with Crippen molar-refractivity contribution < 1.29 is 9.53 Å². The Labute approximate surface area is 120 Å². The van der Waals surface area contributed by atoms with Crippen LogP contribution in [0.3, 0.4) is 0 Å². The number of carbonyl (C=O) groups is 1. The lowest BCUT2D eigenvalue weighted by atomic mass is 10.0. The summed E-state index contributed by atoms with van der Waals surface area (Å²) in [6.07, 6.45) is 0.891. The Bertz CT molecular complexity index is 512. The highest BCUT2D eigenvalue weighted by atomic mass is 16.5. The fraction of sp³-hybridized carbons (Fsp3) is 0.533. The maximum absolute atomic E-state index is 12.6. The molecule has 1 aromatic rings. The summed E-state index contributed by atoms with van der Waals surface area (Å²) in [4.78, 5) is 16.4. The van der Waals surface area contributed by atoms with E-state index in [0.29, 0.717) is 23.7 Å². The third kappa shape index (κ3) is 2.72. The molecule has 2 N–H and O–H groups in total. The zero-order valence-electron chi connectivity index (χ0n) is 12.6. The Morgan fingerprint density at radius 1 is 1.35 bits per heavy atom. The minimum absolute atomic E-state index is 0.0401. The molecule has 20 heavy (non-hydrogen) atoms. The number of hydrogen-bond donors (Lipinski definition) is 1. The summed E-state index contributed by atoms with van der Waals surface area (Å²) < 4.78 is 5.79. The van der Waals surface area contributed by atoms with Gasteiger partial charge in [-0.25, -0.2) is 0 Å². The second kappa shape index (κ2) is 5.32. The topological polar surface area (TPSA) is 58.8 Å². The molecule has 2 rings (SSSR count). The summed E-state index contributed by atoms with van der Waals surface area (Å²) in [5, 5.41) is 0. The lowest BCUT2D eigenvalue weighted by molar-refractivity contribution is -0.132. The van der Waals surface area contributed by atoms with Crippen molar-refractivity contribution in [3.63, 3.8) is 0 Å². The number of nitrogens with zero attached hydrogens (tertiary/aromatic N) is 2. The number of nitrogen functional groups attached to an aromatic ring is 1. The quantitative estimate of drug-likeness (QED) is 0.851. The van der Waals surface area contributed by atoms with Crippen LogP contribution in [-0.4, -0.2) is 43.6 Å². The van der Waals surface area contributed by atoms with Crippen LogP contribution in [0.25, 0.3) is 0 Å². The molecule has 5 nitrogen and oxygen atoms in total. The highest BCUT2D eigenvalue weighted by Crippen LogP contribution is 2.41. The third-order valence-electron chi connectivity index (χ3n) is 3.41. The molecule has 1 aliphatic rings. The van der Waals surface area contributed by atoms with E-state index in [2.05, 4.69) is 4.90 Å². The van der Waals surface area contributed by atoms with Gasteiger partial charge in [-0.15, -0.1) is 0 Å². The summed E-state index contributed by atoms with van der Waals surface area (Å²) in [7, 11) is 4.04. The van der Waals surface area contributed by atoms with E-state index in [9.17, 15) is 4.79 Å². The maximum Gasteiger partial charge on any atom is 0.270 e. The third-order valence-corrected chi connectivity index (χ3v) is 3.41. The molecule has 1 amide bonds. The number of hydrogen-bond acceptors (Lipinski definition) is 4. The number of rotatable bonds is 4. The molecular formula is C15H23N3O2. The van der Waals surface area contributed by atoms with Crippen LogP contribution in [0.2, 0.25) is 0 Å². The molecule has 0 unspecified atom stereocenters. The summed E-state index contributed by atoms with van der Waals surface area (Å²) in [5.41, 5.74) is 6.47. The molecule has 0 spiro atoms. The van der Waals surface area contributed by atoms with Crippen LogP contribution >= 0.6 is 0 Å². The fourth-order valence-corrected chi connectivity index (χ4v) is 2.41. The molecule has 0 saturated heterocycles. The van der Waals surface area contributed by atoms with Crippen LogP contribution in [0.4, 0.5) is 11.4 Å². The van der Waals surface area contributed by atoms with Gasteiger partial charge < -0.3 is 20.3 Å². The minimum Gasteiger partial charge on any atom is -0.476 e. The lowest BCUT2D eigenvalue weighted by Gasteiger charge is -2.39. The van der Waals surface area contributed by atoms with Crippen molar-refractivity contribution >= 4 is 17.3 Å². The van der Waals surface area contributed by atoms with Gasteiger partial charge in [0.2, 0.25) is 0 Å². The van der Waals surface area contributed by atoms with E-state index in [4.69, 9.17) is 10.5 Å². The van der Waals surface area contributed by atoms with Crippen LogP contribution in [0.15, 0.2) is 18.2 Å². The number of amides is 1. The van der Waals surface area contributed by atoms with Gasteiger partial charge in [-0.3, -0.25) is 4.79 Å². The van der Waals surface area contributed by atoms with Gasteiger partial charge >= 0.3 is 0 Å². The molecule has 1 heterocycles. The molecule has 0 saturated carbocycles. The number of ether oxygens (including phenoxy) is 1. The normalized spacial score (nSPS) is 17.1. The Morgan fingerprint density at radius 3 is 2.70 bits per heavy atom. The molecule has 0 fully saturated rings. The average molecular weight is 277 g/mol. The van der Waals surface area contributed by atoms with Crippen molar-refractivity contribution in [1.82, 2.24) is 4.90 Å². The number of fused-ring (bicyclic) bond motifs is 1. The average Bonchev–Trinajstić information content (AvgIpc) is 2.33. The van der Waals surface area contributed by atoms with Gasteiger partial charge in [-0.2, -0.15) is 0 Å². The van der Waals surface area contributed by atoms with E-state index in [-0.39, 0.29) is 5.91 Å². The first kappa shape index (κ1) is 14.7. The van der Waals surface area contributed by atoms with E-state index < -0.39 is 5.60 Å². The van der Waals surface area contributed by atoms with Crippen LogP contribution < -0.4 is 15.4 Å². The van der Waals surface area contributed by atoms with E-state index in [0.717, 1.165) is 13.0 Å². The molecule has 110 valence electrons. The van der Waals surface area contributed by atoms with Gasteiger partial charge in [0.15, 0.2) is 5.60 Å². The zero-order chi connectivity index (χ0) is 14.9. The summed E-state index contributed by atoms with van der Waals surface area (Å²) in [6.45, 7) is 5.15. The van der Waals surface area contributed by atoms with Gasteiger partial charge in [0, 0.05) is 6.54 Å². The standard InChI is InChI=1S/C15H23N3O2/c1-15(2)14(19)18(10-6-9-17(3)4)13-11(16)7-5-8-12(13)20-15/h5,7-8H,6,9-10,16H2,1-4H3. The molecule has 5 heteroatoms. The maximum atomic E-state index is 12.6. The summed E-state index contributed by atoms with van der Waals surface area (Å²) in [5.74, 6) is 0.640. The van der Waals surface area contributed by atoms with Gasteiger partial charge in [-0.05, 0) is 53.0 Å². The monoisotopic (exact) mass is 277 g/mol. The second-order valence-corrected chi connectivity index (χ2v) is 5.92. The predicted molar refractivity (Wildman–Crippen MR) is 81.1 cm³/mol. The van der Waals surface area contributed by atoms with E-state index >= 15 is 0 Å². The van der Waals surface area contributed by atoms with Crippen LogP contribution in [-0.2, 0) is 4.79 Å². The molecule has 1 aromatic carbocycles. The van der Waals surface area contributed by atoms with Crippen LogP contribution in [0.5, 0.6) is 5.75 Å². The predicted octanol–water partition coefficient (Wildman–Crippen LogP) is 1.72. The van der Waals surface area contributed by atoms with E-state index in [1.54, 1.807) is 24.8 Å². The first-order valence-corrected chi connectivity index (χ1v) is 6.87. The van der Waals surface area contributed by atoms with Crippen LogP contribution in [0, 0.1) is 0 Å². The van der Waals surface area contributed by atoms with Crippen molar-refractivity contribution in [2.75, 3.05) is 37.8 Å². The first-order chi connectivity index (χ1) is 9.33. The number of nitrogens with two attached hydrogens (primary N) is 1. The number of para-hydroxylation sites is 1. The number of benzene rings is 1. The first-order valence-electron chi connectivity index (χ1n) is 6.87. The zero-order valence-corrected chi connectivity index (χ0v) is 12.6. The molecular weight excluding hydrogens is 254 g/mol. The molecule has 1 aliphatic heterocycles. The van der Waals surface area contributed by atoms with Gasteiger partial charge in [-0.1, -0.05) is 6.07 Å². The van der Waals surface area contributed by atoms with E-state index in [1.807, 2.05) is 26.2 Å². The Morgan fingerprint density at radius 2 is 2.05 bits per heavy atom.